The molecule has 2 aromatic rings. The molecular weight excluding hydrogens is 304 g/mol. The van der Waals surface area contributed by atoms with E-state index in [1.165, 1.54) is 24.3 Å². The van der Waals surface area contributed by atoms with Crippen molar-refractivity contribution in [3.05, 3.63) is 60.2 Å². The maximum absolute atomic E-state index is 11.7. The molecule has 0 fully saturated rings. The van der Waals surface area contributed by atoms with Crippen LogP contribution >= 0.6 is 0 Å². The van der Waals surface area contributed by atoms with Gasteiger partial charge in [0.05, 0.1) is 4.90 Å². The van der Waals surface area contributed by atoms with Crippen LogP contribution in [-0.4, -0.2) is 25.5 Å². The first-order chi connectivity index (χ1) is 10.4. The van der Waals surface area contributed by atoms with Crippen LogP contribution in [0.1, 0.15) is 5.56 Å². The Morgan fingerprint density at radius 3 is 2.23 bits per heavy atom. The number of urea groups is 1. The van der Waals surface area contributed by atoms with Crippen molar-refractivity contribution in [2.75, 3.05) is 11.9 Å². The molecule has 7 heteroatoms. The number of hydrogen-bond donors (Lipinski definition) is 3. The lowest BCUT2D eigenvalue weighted by Crippen LogP contribution is -2.30. The number of carbonyl (C=O) groups excluding carboxylic acids is 1. The molecule has 0 aliphatic rings. The highest BCUT2D eigenvalue weighted by molar-refractivity contribution is 7.85. The highest BCUT2D eigenvalue weighted by Crippen LogP contribution is 2.13. The molecule has 0 aliphatic heterocycles. The van der Waals surface area contributed by atoms with Gasteiger partial charge >= 0.3 is 6.03 Å². The van der Waals surface area contributed by atoms with E-state index >= 15 is 0 Å². The summed E-state index contributed by atoms with van der Waals surface area (Å²) in [4.78, 5) is 11.5. The van der Waals surface area contributed by atoms with Crippen LogP contribution in [0.15, 0.2) is 59.5 Å². The molecular formula is C15H16N2O4S. The number of nitrogens with one attached hydrogen (secondary N) is 2. The summed E-state index contributed by atoms with van der Waals surface area (Å²) in [7, 11) is -4.22. The molecule has 2 rings (SSSR count). The Labute approximate surface area is 128 Å². The molecule has 3 N–H and O–H groups in total. The van der Waals surface area contributed by atoms with E-state index in [1.807, 2.05) is 30.3 Å². The number of anilines is 1. The normalized spacial score (nSPS) is 11.0. The lowest BCUT2D eigenvalue weighted by atomic mass is 10.1. The molecule has 0 radical (unpaired) electrons. The van der Waals surface area contributed by atoms with Crippen molar-refractivity contribution in [2.24, 2.45) is 0 Å². The zero-order chi connectivity index (χ0) is 16.0. The van der Waals surface area contributed by atoms with Gasteiger partial charge in [-0.2, -0.15) is 8.42 Å². The molecule has 0 heterocycles. The quantitative estimate of drug-likeness (QED) is 0.737. The second kappa shape index (κ2) is 7.06. The van der Waals surface area contributed by atoms with Gasteiger partial charge in [0.1, 0.15) is 0 Å². The topological polar surface area (TPSA) is 95.5 Å². The lowest BCUT2D eigenvalue weighted by molar-refractivity contribution is 0.252. The zero-order valence-electron chi connectivity index (χ0n) is 11.7. The van der Waals surface area contributed by atoms with Crippen LogP contribution in [0.2, 0.25) is 0 Å². The van der Waals surface area contributed by atoms with Gasteiger partial charge in [-0.3, -0.25) is 4.55 Å². The van der Waals surface area contributed by atoms with Gasteiger partial charge < -0.3 is 10.6 Å². The first-order valence-corrected chi connectivity index (χ1v) is 8.05. The van der Waals surface area contributed by atoms with Gasteiger partial charge in [0.15, 0.2) is 0 Å². The molecule has 2 amide bonds. The standard InChI is InChI=1S/C15H16N2O4S/c18-15(16-11-10-12-4-2-1-3-5-12)17-13-6-8-14(9-7-13)22(19,20)21/h1-9H,10-11H2,(H2,16,17,18)(H,19,20,21). The first-order valence-electron chi connectivity index (χ1n) is 6.61. The Hall–Kier alpha value is -2.38. The first kappa shape index (κ1) is 16.0. The van der Waals surface area contributed by atoms with Crippen molar-refractivity contribution in [1.29, 1.82) is 0 Å². The van der Waals surface area contributed by atoms with Gasteiger partial charge in [-0.15, -0.1) is 0 Å². The molecule has 116 valence electrons. The fourth-order valence-electron chi connectivity index (χ4n) is 1.85. The summed E-state index contributed by atoms with van der Waals surface area (Å²) < 4.78 is 30.7. The van der Waals surface area contributed by atoms with Gasteiger partial charge in [-0.05, 0) is 36.2 Å². The van der Waals surface area contributed by atoms with Crippen molar-refractivity contribution in [1.82, 2.24) is 5.32 Å². The van der Waals surface area contributed by atoms with Crippen molar-refractivity contribution in [3.63, 3.8) is 0 Å². The maximum Gasteiger partial charge on any atom is 0.319 e. The molecule has 0 aromatic heterocycles. The smallest absolute Gasteiger partial charge is 0.319 e. The minimum Gasteiger partial charge on any atom is -0.338 e. The third-order valence-electron chi connectivity index (χ3n) is 2.95. The number of carbonyl (C=O) groups is 1. The van der Waals surface area contributed by atoms with E-state index in [0.29, 0.717) is 12.2 Å². The lowest BCUT2D eigenvalue weighted by Gasteiger charge is -2.08. The second-order valence-corrected chi connectivity index (χ2v) is 6.04. The van der Waals surface area contributed by atoms with Gasteiger partial charge in [-0.25, -0.2) is 4.79 Å². The predicted octanol–water partition coefficient (Wildman–Crippen LogP) is 2.30. The minimum atomic E-state index is -4.22. The van der Waals surface area contributed by atoms with Gasteiger partial charge in [-0.1, -0.05) is 30.3 Å². The molecule has 6 nitrogen and oxygen atoms in total. The summed E-state index contributed by atoms with van der Waals surface area (Å²) in [6.07, 6.45) is 0.718. The van der Waals surface area contributed by atoms with Crippen molar-refractivity contribution in [3.8, 4) is 0 Å². The summed E-state index contributed by atoms with van der Waals surface area (Å²) >= 11 is 0. The molecule has 2 aromatic carbocycles. The van der Waals surface area contributed by atoms with Gasteiger partial charge in [0.25, 0.3) is 10.1 Å². The Morgan fingerprint density at radius 1 is 1.00 bits per heavy atom. The van der Waals surface area contributed by atoms with Crippen LogP contribution in [0.25, 0.3) is 0 Å². The molecule has 22 heavy (non-hydrogen) atoms. The van der Waals surface area contributed by atoms with E-state index in [2.05, 4.69) is 10.6 Å². The summed E-state index contributed by atoms with van der Waals surface area (Å²) in [5, 5.41) is 5.29. The van der Waals surface area contributed by atoms with Crippen molar-refractivity contribution < 1.29 is 17.8 Å². The maximum atomic E-state index is 11.7. The van der Waals surface area contributed by atoms with Gasteiger partial charge in [0.2, 0.25) is 0 Å². The third-order valence-corrected chi connectivity index (χ3v) is 3.82. The van der Waals surface area contributed by atoms with E-state index in [-0.39, 0.29) is 10.9 Å². The Kier molecular flexibility index (Phi) is 5.13. The SMILES string of the molecule is O=C(NCCc1ccccc1)Nc1ccc(S(=O)(=O)O)cc1. The van der Waals surface area contributed by atoms with Crippen LogP contribution in [0.4, 0.5) is 10.5 Å². The van der Waals surface area contributed by atoms with Gasteiger partial charge in [0, 0.05) is 12.2 Å². The van der Waals surface area contributed by atoms with Crippen molar-refractivity contribution in [2.45, 2.75) is 11.3 Å². The van der Waals surface area contributed by atoms with Crippen LogP contribution in [-0.2, 0) is 16.5 Å². The minimum absolute atomic E-state index is 0.220. The Morgan fingerprint density at radius 2 is 1.64 bits per heavy atom. The fourth-order valence-corrected chi connectivity index (χ4v) is 2.33. The monoisotopic (exact) mass is 320 g/mol. The number of rotatable bonds is 5. The highest BCUT2D eigenvalue weighted by atomic mass is 32.2. The molecule has 0 atom stereocenters. The van der Waals surface area contributed by atoms with E-state index in [0.717, 1.165) is 12.0 Å². The van der Waals surface area contributed by atoms with E-state index in [1.54, 1.807) is 0 Å². The average Bonchev–Trinajstić information content (AvgIpc) is 2.48. The fraction of sp³-hybridized carbons (Fsp3) is 0.133. The van der Waals surface area contributed by atoms with Crippen LogP contribution in [0, 0.1) is 0 Å². The Bertz CT molecular complexity index is 728. The number of hydrogen-bond acceptors (Lipinski definition) is 3. The second-order valence-electron chi connectivity index (χ2n) is 4.62. The molecule has 0 saturated heterocycles. The molecule has 0 unspecified atom stereocenters. The summed E-state index contributed by atoms with van der Waals surface area (Å²) in [5.41, 5.74) is 1.56. The largest absolute Gasteiger partial charge is 0.338 e. The third kappa shape index (κ3) is 4.87. The Balaban J connectivity index is 1.82. The average molecular weight is 320 g/mol. The van der Waals surface area contributed by atoms with Crippen LogP contribution in [0.5, 0.6) is 0 Å². The van der Waals surface area contributed by atoms with Crippen LogP contribution < -0.4 is 10.6 Å². The summed E-state index contributed by atoms with van der Waals surface area (Å²) in [6, 6.07) is 14.6. The zero-order valence-corrected chi connectivity index (χ0v) is 12.5. The highest BCUT2D eigenvalue weighted by Gasteiger charge is 2.09. The molecule has 0 saturated carbocycles. The van der Waals surface area contributed by atoms with E-state index in [9.17, 15) is 13.2 Å². The summed E-state index contributed by atoms with van der Waals surface area (Å²) in [5.74, 6) is 0. The molecule has 0 spiro atoms. The number of benzene rings is 2. The molecule has 0 aliphatic carbocycles. The van der Waals surface area contributed by atoms with Crippen LogP contribution in [0.3, 0.4) is 0 Å². The summed E-state index contributed by atoms with van der Waals surface area (Å²) in [6.45, 7) is 0.485. The van der Waals surface area contributed by atoms with E-state index < -0.39 is 10.1 Å². The number of amides is 2. The van der Waals surface area contributed by atoms with Crippen molar-refractivity contribution >= 4 is 21.8 Å². The molecule has 0 bridgehead atoms. The predicted molar refractivity (Wildman–Crippen MR) is 83.4 cm³/mol. The van der Waals surface area contributed by atoms with E-state index in [4.69, 9.17) is 4.55 Å².